The van der Waals surface area contributed by atoms with Crippen molar-refractivity contribution < 1.29 is 5.11 Å². The van der Waals surface area contributed by atoms with Crippen LogP contribution in [0.3, 0.4) is 0 Å². The van der Waals surface area contributed by atoms with Crippen LogP contribution >= 0.6 is 0 Å². The Labute approximate surface area is 81.2 Å². The SMILES string of the molecule is CC(C)=C1CC(O)CN(C(C)C)C1. The molecule has 1 aliphatic rings. The van der Waals surface area contributed by atoms with Crippen LogP contribution in [0.15, 0.2) is 11.1 Å². The molecule has 0 aromatic heterocycles. The maximum Gasteiger partial charge on any atom is 0.0704 e. The monoisotopic (exact) mass is 183 g/mol. The van der Waals surface area contributed by atoms with Crippen LogP contribution in [0.2, 0.25) is 0 Å². The molecule has 76 valence electrons. The summed E-state index contributed by atoms with van der Waals surface area (Å²) in [4.78, 5) is 2.33. The van der Waals surface area contributed by atoms with Gasteiger partial charge in [-0.1, -0.05) is 11.1 Å². The first-order valence-electron chi connectivity index (χ1n) is 5.08. The molecular formula is C11H21NO. The summed E-state index contributed by atoms with van der Waals surface area (Å²) in [5.41, 5.74) is 2.77. The first-order chi connectivity index (χ1) is 6.00. The van der Waals surface area contributed by atoms with Crippen LogP contribution in [0.5, 0.6) is 0 Å². The third-order valence-corrected chi connectivity index (χ3v) is 2.76. The molecule has 0 aromatic rings. The van der Waals surface area contributed by atoms with Crippen molar-refractivity contribution in [3.63, 3.8) is 0 Å². The average Bonchev–Trinajstić information content (AvgIpc) is 2.03. The van der Waals surface area contributed by atoms with Crippen molar-refractivity contribution >= 4 is 0 Å². The summed E-state index contributed by atoms with van der Waals surface area (Å²) in [6, 6.07) is 0.532. The normalized spacial score (nSPS) is 25.4. The molecular weight excluding hydrogens is 162 g/mol. The summed E-state index contributed by atoms with van der Waals surface area (Å²) in [7, 11) is 0. The van der Waals surface area contributed by atoms with Crippen LogP contribution in [-0.4, -0.2) is 35.2 Å². The fourth-order valence-electron chi connectivity index (χ4n) is 1.75. The average molecular weight is 183 g/mol. The van der Waals surface area contributed by atoms with E-state index in [-0.39, 0.29) is 6.10 Å². The fourth-order valence-corrected chi connectivity index (χ4v) is 1.75. The minimum Gasteiger partial charge on any atom is -0.391 e. The number of β-amino-alcohol motifs (C(OH)–C–C–N with tert-alkyl or cyclic N) is 1. The van der Waals surface area contributed by atoms with Crippen molar-refractivity contribution in [3.05, 3.63) is 11.1 Å². The van der Waals surface area contributed by atoms with E-state index in [1.54, 1.807) is 0 Å². The summed E-state index contributed by atoms with van der Waals surface area (Å²) in [5.74, 6) is 0. The standard InChI is InChI=1S/C11H21NO/c1-8(2)10-5-11(13)7-12(6-10)9(3)4/h9,11,13H,5-7H2,1-4H3. The predicted molar refractivity (Wildman–Crippen MR) is 55.7 cm³/mol. The van der Waals surface area contributed by atoms with Gasteiger partial charge in [-0.05, 0) is 34.1 Å². The summed E-state index contributed by atoms with van der Waals surface area (Å²) >= 11 is 0. The molecule has 1 saturated heterocycles. The Morgan fingerprint density at radius 1 is 1.46 bits per heavy atom. The predicted octanol–water partition coefficient (Wildman–Crippen LogP) is 1.80. The fraction of sp³-hybridized carbons (Fsp3) is 0.818. The Hall–Kier alpha value is -0.340. The second kappa shape index (κ2) is 4.25. The molecule has 1 unspecified atom stereocenters. The molecule has 0 bridgehead atoms. The van der Waals surface area contributed by atoms with Crippen molar-refractivity contribution in [3.8, 4) is 0 Å². The van der Waals surface area contributed by atoms with Crippen LogP contribution in [0, 0.1) is 0 Å². The van der Waals surface area contributed by atoms with Crippen molar-refractivity contribution in [1.29, 1.82) is 0 Å². The number of aliphatic hydroxyl groups excluding tert-OH is 1. The van der Waals surface area contributed by atoms with Crippen LogP contribution in [0.25, 0.3) is 0 Å². The number of allylic oxidation sites excluding steroid dienone is 1. The zero-order valence-corrected chi connectivity index (χ0v) is 9.17. The van der Waals surface area contributed by atoms with Gasteiger partial charge < -0.3 is 5.11 Å². The van der Waals surface area contributed by atoms with Gasteiger partial charge in [0, 0.05) is 19.1 Å². The van der Waals surface area contributed by atoms with Crippen molar-refractivity contribution in [2.75, 3.05) is 13.1 Å². The minimum atomic E-state index is -0.166. The first-order valence-corrected chi connectivity index (χ1v) is 5.08. The van der Waals surface area contributed by atoms with E-state index in [1.165, 1.54) is 11.1 Å². The van der Waals surface area contributed by atoms with Gasteiger partial charge in [-0.25, -0.2) is 0 Å². The van der Waals surface area contributed by atoms with Gasteiger partial charge in [0.25, 0.3) is 0 Å². The highest BCUT2D eigenvalue weighted by Gasteiger charge is 2.23. The van der Waals surface area contributed by atoms with Gasteiger partial charge in [0.1, 0.15) is 0 Å². The van der Waals surface area contributed by atoms with Gasteiger partial charge in [-0.3, -0.25) is 4.90 Å². The van der Waals surface area contributed by atoms with E-state index >= 15 is 0 Å². The van der Waals surface area contributed by atoms with Crippen molar-refractivity contribution in [1.82, 2.24) is 4.90 Å². The number of rotatable bonds is 1. The summed E-state index contributed by atoms with van der Waals surface area (Å²) < 4.78 is 0. The van der Waals surface area contributed by atoms with Crippen molar-refractivity contribution in [2.24, 2.45) is 0 Å². The topological polar surface area (TPSA) is 23.5 Å². The molecule has 0 radical (unpaired) electrons. The molecule has 0 spiro atoms. The molecule has 1 fully saturated rings. The first kappa shape index (κ1) is 10.7. The molecule has 2 nitrogen and oxygen atoms in total. The summed E-state index contributed by atoms with van der Waals surface area (Å²) in [6.45, 7) is 10.5. The zero-order valence-electron chi connectivity index (χ0n) is 9.17. The number of nitrogens with zero attached hydrogens (tertiary/aromatic N) is 1. The summed E-state index contributed by atoms with van der Waals surface area (Å²) in [6.07, 6.45) is 0.701. The lowest BCUT2D eigenvalue weighted by Gasteiger charge is -2.35. The highest BCUT2D eigenvalue weighted by atomic mass is 16.3. The quantitative estimate of drug-likeness (QED) is 0.627. The zero-order chi connectivity index (χ0) is 10.0. The Balaban J connectivity index is 2.69. The van der Waals surface area contributed by atoms with Crippen LogP contribution in [-0.2, 0) is 0 Å². The molecule has 0 saturated carbocycles. The van der Waals surface area contributed by atoms with Crippen molar-refractivity contribution in [2.45, 2.75) is 46.3 Å². The van der Waals surface area contributed by atoms with Gasteiger partial charge in [-0.2, -0.15) is 0 Å². The number of hydrogen-bond donors (Lipinski definition) is 1. The van der Waals surface area contributed by atoms with Crippen LogP contribution < -0.4 is 0 Å². The maximum atomic E-state index is 9.67. The molecule has 1 aliphatic heterocycles. The van der Waals surface area contributed by atoms with Gasteiger partial charge >= 0.3 is 0 Å². The second-order valence-electron chi connectivity index (χ2n) is 4.48. The highest BCUT2D eigenvalue weighted by Crippen LogP contribution is 2.20. The van der Waals surface area contributed by atoms with E-state index in [0.717, 1.165) is 19.5 Å². The summed E-state index contributed by atoms with van der Waals surface area (Å²) in [5, 5.41) is 9.67. The molecule has 1 N–H and O–H groups in total. The third kappa shape index (κ3) is 2.82. The Kier molecular flexibility index (Phi) is 3.51. The van der Waals surface area contributed by atoms with Gasteiger partial charge in [0.2, 0.25) is 0 Å². The van der Waals surface area contributed by atoms with E-state index in [1.807, 2.05) is 0 Å². The van der Waals surface area contributed by atoms with Crippen LogP contribution in [0.4, 0.5) is 0 Å². The largest absolute Gasteiger partial charge is 0.391 e. The number of likely N-dealkylation sites (tertiary alicyclic amines) is 1. The van der Waals surface area contributed by atoms with E-state index in [0.29, 0.717) is 6.04 Å². The number of aliphatic hydroxyl groups is 1. The minimum absolute atomic E-state index is 0.166. The van der Waals surface area contributed by atoms with E-state index in [9.17, 15) is 5.11 Å². The highest BCUT2D eigenvalue weighted by molar-refractivity contribution is 5.15. The molecule has 1 heterocycles. The van der Waals surface area contributed by atoms with E-state index < -0.39 is 0 Å². The molecule has 13 heavy (non-hydrogen) atoms. The van der Waals surface area contributed by atoms with Gasteiger partial charge in [-0.15, -0.1) is 0 Å². The molecule has 2 heteroatoms. The third-order valence-electron chi connectivity index (χ3n) is 2.76. The lowest BCUT2D eigenvalue weighted by molar-refractivity contribution is 0.0775. The second-order valence-corrected chi connectivity index (χ2v) is 4.48. The lowest BCUT2D eigenvalue weighted by Crippen LogP contribution is -2.43. The Bertz CT molecular complexity index is 204. The molecule has 0 aliphatic carbocycles. The molecule has 0 amide bonds. The molecule has 0 aromatic carbocycles. The Morgan fingerprint density at radius 3 is 2.54 bits per heavy atom. The van der Waals surface area contributed by atoms with E-state index in [4.69, 9.17) is 0 Å². The van der Waals surface area contributed by atoms with Crippen LogP contribution in [0.1, 0.15) is 34.1 Å². The number of piperidine rings is 1. The van der Waals surface area contributed by atoms with E-state index in [2.05, 4.69) is 32.6 Å². The van der Waals surface area contributed by atoms with Gasteiger partial charge in [0.15, 0.2) is 0 Å². The smallest absolute Gasteiger partial charge is 0.0704 e. The van der Waals surface area contributed by atoms with Gasteiger partial charge in [0.05, 0.1) is 6.10 Å². The Morgan fingerprint density at radius 2 is 2.08 bits per heavy atom. The lowest BCUT2D eigenvalue weighted by atomic mass is 9.97. The number of hydrogen-bond acceptors (Lipinski definition) is 2. The maximum absolute atomic E-state index is 9.67. The molecule has 1 rings (SSSR count). The molecule has 1 atom stereocenters.